The van der Waals surface area contributed by atoms with Gasteiger partial charge in [0.25, 0.3) is 0 Å². The van der Waals surface area contributed by atoms with Gasteiger partial charge in [-0.05, 0) is 37.5 Å². The lowest BCUT2D eigenvalue weighted by atomic mass is 9.85. The predicted molar refractivity (Wildman–Crippen MR) is 106 cm³/mol. The number of hydrogen-bond acceptors (Lipinski definition) is 4. The summed E-state index contributed by atoms with van der Waals surface area (Å²) in [5, 5.41) is 18.8. The molecule has 168 valence electrons. The molecule has 0 aliphatic heterocycles. The van der Waals surface area contributed by atoms with E-state index in [0.29, 0.717) is 31.6 Å². The van der Waals surface area contributed by atoms with Crippen LogP contribution in [0.4, 0.5) is 8.78 Å². The summed E-state index contributed by atoms with van der Waals surface area (Å²) in [6.45, 7) is 3.90. The number of aliphatic hydroxyl groups is 1. The van der Waals surface area contributed by atoms with Crippen molar-refractivity contribution < 1.29 is 33.4 Å². The fourth-order valence-electron chi connectivity index (χ4n) is 4.13. The van der Waals surface area contributed by atoms with Gasteiger partial charge in [-0.25, -0.2) is 0 Å². The maximum atomic E-state index is 14.1. The van der Waals surface area contributed by atoms with Gasteiger partial charge in [0.1, 0.15) is 5.78 Å². The summed E-state index contributed by atoms with van der Waals surface area (Å²) in [6.07, 6.45) is 2.94. The number of carbonyl (C=O) groups excluding carboxylic acids is 2. The van der Waals surface area contributed by atoms with Crippen LogP contribution in [0.5, 0.6) is 0 Å². The molecule has 0 aromatic heterocycles. The molecule has 0 bridgehead atoms. The maximum absolute atomic E-state index is 14.1. The second-order valence-corrected chi connectivity index (χ2v) is 8.81. The third kappa shape index (κ3) is 9.32. The van der Waals surface area contributed by atoms with Crippen LogP contribution >= 0.6 is 0 Å². The highest BCUT2D eigenvalue weighted by molar-refractivity contribution is 5.86. The molecule has 0 spiro atoms. The Morgan fingerprint density at radius 1 is 1.07 bits per heavy atom. The zero-order valence-corrected chi connectivity index (χ0v) is 17.7. The number of carboxylic acids is 1. The van der Waals surface area contributed by atoms with E-state index in [1.165, 1.54) is 0 Å². The summed E-state index contributed by atoms with van der Waals surface area (Å²) in [7, 11) is 0. The van der Waals surface area contributed by atoms with Gasteiger partial charge in [0.05, 0.1) is 6.10 Å². The first-order chi connectivity index (χ1) is 13.5. The van der Waals surface area contributed by atoms with Crippen molar-refractivity contribution in [2.24, 2.45) is 17.8 Å². The monoisotopic (exact) mass is 418 g/mol. The van der Waals surface area contributed by atoms with Gasteiger partial charge in [-0.3, -0.25) is 14.4 Å². The predicted octanol–water partition coefficient (Wildman–Crippen LogP) is 4.79. The largest absolute Gasteiger partial charge is 0.481 e. The van der Waals surface area contributed by atoms with Gasteiger partial charge in [0.15, 0.2) is 0 Å². The van der Waals surface area contributed by atoms with Crippen LogP contribution in [0.1, 0.15) is 90.9 Å². The number of aliphatic carboxylic acids is 1. The van der Waals surface area contributed by atoms with Crippen molar-refractivity contribution >= 4 is 17.5 Å². The third-order valence-electron chi connectivity index (χ3n) is 5.88. The summed E-state index contributed by atoms with van der Waals surface area (Å²) < 4.78 is 28.1. The minimum atomic E-state index is -3.35. The van der Waals surface area contributed by atoms with Crippen LogP contribution in [0.15, 0.2) is 0 Å². The van der Waals surface area contributed by atoms with Gasteiger partial charge in [-0.2, -0.15) is 8.78 Å². The van der Waals surface area contributed by atoms with E-state index in [0.717, 1.165) is 19.3 Å². The number of halogens is 2. The number of rotatable bonds is 15. The number of aliphatic hydroxyl groups excluding tert-OH is 1. The normalized spacial score (nSPS) is 22.4. The zero-order valence-electron chi connectivity index (χ0n) is 17.7. The summed E-state index contributed by atoms with van der Waals surface area (Å²) in [5.74, 6) is -5.87. The third-order valence-corrected chi connectivity index (χ3v) is 5.88. The quantitative estimate of drug-likeness (QED) is 0.373. The number of alkyl halides is 2. The van der Waals surface area contributed by atoms with E-state index in [9.17, 15) is 28.3 Å². The average Bonchev–Trinajstić information content (AvgIpc) is 2.87. The van der Waals surface area contributed by atoms with Gasteiger partial charge in [-0.15, -0.1) is 0 Å². The lowest BCUT2D eigenvalue weighted by molar-refractivity contribution is -0.144. The Kier molecular flexibility index (Phi) is 10.9. The van der Waals surface area contributed by atoms with Crippen molar-refractivity contribution in [1.82, 2.24) is 0 Å². The minimum Gasteiger partial charge on any atom is -0.481 e. The second kappa shape index (κ2) is 12.4. The molecule has 0 radical (unpaired) electrons. The Morgan fingerprint density at radius 2 is 1.72 bits per heavy atom. The van der Waals surface area contributed by atoms with E-state index < -0.39 is 42.0 Å². The molecule has 0 aromatic carbocycles. The molecule has 0 unspecified atom stereocenters. The van der Waals surface area contributed by atoms with Crippen molar-refractivity contribution in [1.29, 1.82) is 0 Å². The molecule has 0 aromatic rings. The number of carboxylic acid groups (broad SMARTS) is 1. The van der Waals surface area contributed by atoms with Crippen LogP contribution in [0, 0.1) is 17.8 Å². The number of hydrogen-bond donors (Lipinski definition) is 2. The van der Waals surface area contributed by atoms with E-state index in [-0.39, 0.29) is 31.5 Å². The minimum absolute atomic E-state index is 0.0212. The summed E-state index contributed by atoms with van der Waals surface area (Å²) in [4.78, 5) is 34.7. The van der Waals surface area contributed by atoms with Gasteiger partial charge < -0.3 is 10.2 Å². The lowest BCUT2D eigenvalue weighted by Gasteiger charge is -2.22. The molecule has 1 rings (SSSR count). The Hall–Kier alpha value is -1.37. The van der Waals surface area contributed by atoms with Gasteiger partial charge in [0.2, 0.25) is 5.78 Å². The molecule has 1 aliphatic carbocycles. The Morgan fingerprint density at radius 3 is 2.34 bits per heavy atom. The molecule has 1 saturated carbocycles. The topological polar surface area (TPSA) is 91.7 Å². The molecule has 5 nitrogen and oxygen atoms in total. The molecule has 0 saturated heterocycles. The first kappa shape index (κ1) is 25.7. The molecule has 3 atom stereocenters. The molecular formula is C22H36F2O5. The second-order valence-electron chi connectivity index (χ2n) is 8.81. The number of ketones is 2. The summed E-state index contributed by atoms with van der Waals surface area (Å²) in [5.41, 5.74) is 0. The molecule has 7 heteroatoms. The van der Waals surface area contributed by atoms with E-state index in [1.54, 1.807) is 0 Å². The van der Waals surface area contributed by atoms with Gasteiger partial charge in [-0.1, -0.05) is 39.5 Å². The molecular weight excluding hydrogens is 382 g/mol. The van der Waals surface area contributed by atoms with E-state index in [4.69, 9.17) is 5.11 Å². The van der Waals surface area contributed by atoms with Crippen molar-refractivity contribution in [2.75, 3.05) is 0 Å². The first-order valence-corrected chi connectivity index (χ1v) is 10.9. The highest BCUT2D eigenvalue weighted by Gasteiger charge is 2.43. The molecule has 2 N–H and O–H groups in total. The van der Waals surface area contributed by atoms with Crippen LogP contribution < -0.4 is 0 Å². The maximum Gasteiger partial charge on any atom is 0.305 e. The van der Waals surface area contributed by atoms with E-state index in [2.05, 4.69) is 0 Å². The smallest absolute Gasteiger partial charge is 0.305 e. The number of unbranched alkanes of at least 4 members (excludes halogenated alkanes) is 3. The van der Waals surface area contributed by atoms with E-state index >= 15 is 0 Å². The van der Waals surface area contributed by atoms with Crippen LogP contribution in [0.3, 0.4) is 0 Å². The van der Waals surface area contributed by atoms with Crippen molar-refractivity contribution in [3.05, 3.63) is 0 Å². The SMILES string of the molecule is CC(C)CCCC(F)(F)C(=O)CC[C@H]1[C@H](O)CC(=O)[C@@H]1CCCCCCC(=O)O. The van der Waals surface area contributed by atoms with Crippen LogP contribution in [0.25, 0.3) is 0 Å². The Labute approximate surface area is 172 Å². The van der Waals surface area contributed by atoms with Gasteiger partial charge in [0, 0.05) is 31.6 Å². The highest BCUT2D eigenvalue weighted by atomic mass is 19.3. The van der Waals surface area contributed by atoms with Crippen LogP contribution in [-0.2, 0) is 14.4 Å². The molecule has 1 fully saturated rings. The van der Waals surface area contributed by atoms with Gasteiger partial charge >= 0.3 is 11.9 Å². The van der Waals surface area contributed by atoms with Crippen LogP contribution in [0.2, 0.25) is 0 Å². The fraction of sp³-hybridized carbons (Fsp3) is 0.864. The lowest BCUT2D eigenvalue weighted by Crippen LogP contribution is -2.30. The first-order valence-electron chi connectivity index (χ1n) is 10.9. The highest BCUT2D eigenvalue weighted by Crippen LogP contribution is 2.37. The average molecular weight is 419 g/mol. The van der Waals surface area contributed by atoms with Crippen molar-refractivity contribution in [3.63, 3.8) is 0 Å². The van der Waals surface area contributed by atoms with Crippen molar-refractivity contribution in [2.45, 2.75) is 103 Å². The molecule has 1 aliphatic rings. The van der Waals surface area contributed by atoms with Crippen LogP contribution in [-0.4, -0.2) is 39.8 Å². The summed E-state index contributed by atoms with van der Waals surface area (Å²) in [6, 6.07) is 0. The van der Waals surface area contributed by atoms with E-state index in [1.807, 2.05) is 13.8 Å². The molecule has 29 heavy (non-hydrogen) atoms. The number of Topliss-reactive ketones (excluding diaryl/α,β-unsaturated/α-hetero) is 2. The van der Waals surface area contributed by atoms with Crippen molar-refractivity contribution in [3.8, 4) is 0 Å². The Bertz CT molecular complexity index is 547. The fourth-order valence-corrected chi connectivity index (χ4v) is 4.13. The number of carbonyl (C=O) groups is 3. The molecule has 0 amide bonds. The standard InChI is InChI=1S/C22H36F2O5/c1-15(2)8-7-13-22(23,24)20(27)12-11-17-16(18(25)14-19(17)26)9-5-3-4-6-10-21(28)29/h15-17,19,26H,3-14H2,1-2H3,(H,28,29)/t16-,17-,19-/m1/s1. The Balaban J connectivity index is 2.45. The zero-order chi connectivity index (χ0) is 22.0. The summed E-state index contributed by atoms with van der Waals surface area (Å²) >= 11 is 0. The molecule has 0 heterocycles.